The van der Waals surface area contributed by atoms with E-state index in [1.165, 1.54) is 193 Å². The van der Waals surface area contributed by atoms with Crippen LogP contribution in [0.3, 0.4) is 0 Å². The summed E-state index contributed by atoms with van der Waals surface area (Å²) < 4.78 is 5.45. The number of ether oxygens (including phenoxy) is 1. The summed E-state index contributed by atoms with van der Waals surface area (Å²) in [4.78, 5) is 24.4. The highest BCUT2D eigenvalue weighted by Crippen LogP contribution is 2.16. The van der Waals surface area contributed by atoms with Gasteiger partial charge >= 0.3 is 5.97 Å². The Labute approximate surface area is 355 Å². The van der Waals surface area contributed by atoms with Crippen molar-refractivity contribution in [3.63, 3.8) is 0 Å². The van der Waals surface area contributed by atoms with E-state index >= 15 is 0 Å². The normalized spacial score (nSPS) is 12.7. The molecular formula is C51H99NO5. The van der Waals surface area contributed by atoms with E-state index in [1.807, 2.05) is 0 Å². The molecule has 0 aromatic carbocycles. The first-order valence-electron chi connectivity index (χ1n) is 25.4. The summed E-state index contributed by atoms with van der Waals surface area (Å²) in [6, 6.07) is -0.546. The van der Waals surface area contributed by atoms with Gasteiger partial charge in [0.25, 0.3) is 0 Å². The zero-order valence-corrected chi connectivity index (χ0v) is 38.3. The standard InChI is InChI=1S/C51H99NO5/c1-3-5-7-9-11-13-15-20-23-27-31-35-39-43-49(54)48(47-53)52-50(55)44-40-36-32-28-24-21-18-17-19-22-26-30-34-38-42-46-57-51(56)45-41-37-33-29-25-16-14-12-10-8-6-4-2/h12,14,48-49,53-54H,3-11,13,15-47H2,1-2H3,(H,52,55)/b14-12-. The van der Waals surface area contributed by atoms with Gasteiger partial charge in [-0.1, -0.05) is 225 Å². The fraction of sp³-hybridized carbons (Fsp3) is 0.922. The van der Waals surface area contributed by atoms with Crippen LogP contribution in [0.15, 0.2) is 12.2 Å². The first-order chi connectivity index (χ1) is 28.0. The lowest BCUT2D eigenvalue weighted by Crippen LogP contribution is -2.45. The van der Waals surface area contributed by atoms with Gasteiger partial charge in [0.15, 0.2) is 0 Å². The molecule has 6 heteroatoms. The molecule has 338 valence electrons. The average Bonchev–Trinajstić information content (AvgIpc) is 3.21. The van der Waals surface area contributed by atoms with Crippen molar-refractivity contribution in [2.45, 2.75) is 289 Å². The van der Waals surface area contributed by atoms with Gasteiger partial charge in [-0.05, 0) is 51.4 Å². The number of hydrogen-bond acceptors (Lipinski definition) is 5. The minimum Gasteiger partial charge on any atom is -0.466 e. The van der Waals surface area contributed by atoms with E-state index in [2.05, 4.69) is 31.3 Å². The highest BCUT2D eigenvalue weighted by atomic mass is 16.5. The number of hydrogen-bond donors (Lipinski definition) is 3. The number of unbranched alkanes of at least 4 members (excludes halogenated alkanes) is 34. The number of allylic oxidation sites excluding steroid dienone is 2. The quantitative estimate of drug-likeness (QED) is 0.0323. The second kappa shape index (κ2) is 47.3. The number of amides is 1. The number of nitrogens with one attached hydrogen (secondary N) is 1. The van der Waals surface area contributed by atoms with Crippen LogP contribution in [0.25, 0.3) is 0 Å². The average molecular weight is 806 g/mol. The fourth-order valence-corrected chi connectivity index (χ4v) is 7.87. The molecule has 1 amide bonds. The number of esters is 1. The van der Waals surface area contributed by atoms with E-state index in [1.54, 1.807) is 0 Å². The van der Waals surface area contributed by atoms with Gasteiger partial charge in [-0.3, -0.25) is 9.59 Å². The zero-order valence-electron chi connectivity index (χ0n) is 38.3. The summed E-state index contributed by atoms with van der Waals surface area (Å²) in [5.74, 6) is -0.0528. The summed E-state index contributed by atoms with van der Waals surface area (Å²) in [5, 5.41) is 23.2. The molecule has 0 aliphatic rings. The highest BCUT2D eigenvalue weighted by Gasteiger charge is 2.20. The number of rotatable bonds is 47. The van der Waals surface area contributed by atoms with Crippen LogP contribution in [-0.2, 0) is 14.3 Å². The lowest BCUT2D eigenvalue weighted by Gasteiger charge is -2.22. The van der Waals surface area contributed by atoms with Crippen LogP contribution in [0.1, 0.15) is 277 Å². The monoisotopic (exact) mass is 806 g/mol. The largest absolute Gasteiger partial charge is 0.466 e. The number of carbonyl (C=O) groups is 2. The fourth-order valence-electron chi connectivity index (χ4n) is 7.87. The molecule has 0 rings (SSSR count). The maximum Gasteiger partial charge on any atom is 0.305 e. The Hall–Kier alpha value is -1.40. The Kier molecular flexibility index (Phi) is 46.1. The van der Waals surface area contributed by atoms with Crippen LogP contribution in [0.5, 0.6) is 0 Å². The number of aliphatic hydroxyl groups is 2. The van der Waals surface area contributed by atoms with E-state index in [9.17, 15) is 19.8 Å². The number of carbonyl (C=O) groups excluding carboxylic acids is 2. The van der Waals surface area contributed by atoms with E-state index in [4.69, 9.17) is 4.74 Å². The van der Waals surface area contributed by atoms with Crippen LogP contribution in [0.2, 0.25) is 0 Å². The van der Waals surface area contributed by atoms with Gasteiger partial charge in [0.2, 0.25) is 5.91 Å². The Morgan fingerprint density at radius 3 is 1.28 bits per heavy atom. The van der Waals surface area contributed by atoms with Crippen molar-refractivity contribution in [2.75, 3.05) is 13.2 Å². The molecule has 6 nitrogen and oxygen atoms in total. The minimum absolute atomic E-state index is 0.00936. The molecule has 0 bridgehead atoms. The van der Waals surface area contributed by atoms with Crippen LogP contribution in [0, 0.1) is 0 Å². The predicted molar refractivity (Wildman–Crippen MR) is 246 cm³/mol. The molecule has 0 aliphatic heterocycles. The van der Waals surface area contributed by atoms with Crippen molar-refractivity contribution in [3.8, 4) is 0 Å². The Bertz CT molecular complexity index is 847. The number of aliphatic hydroxyl groups excluding tert-OH is 2. The summed E-state index contributed by atoms with van der Waals surface area (Å²) in [7, 11) is 0. The Balaban J connectivity index is 3.43. The molecule has 0 saturated heterocycles. The third-order valence-electron chi connectivity index (χ3n) is 11.8. The van der Waals surface area contributed by atoms with Crippen molar-refractivity contribution >= 4 is 11.9 Å². The van der Waals surface area contributed by atoms with E-state index < -0.39 is 12.1 Å². The molecule has 0 fully saturated rings. The molecule has 57 heavy (non-hydrogen) atoms. The highest BCUT2D eigenvalue weighted by molar-refractivity contribution is 5.76. The van der Waals surface area contributed by atoms with Gasteiger partial charge in [-0.25, -0.2) is 0 Å². The summed E-state index contributed by atoms with van der Waals surface area (Å²) in [5.41, 5.74) is 0. The van der Waals surface area contributed by atoms with Crippen LogP contribution >= 0.6 is 0 Å². The van der Waals surface area contributed by atoms with Gasteiger partial charge in [-0.15, -0.1) is 0 Å². The van der Waals surface area contributed by atoms with Crippen molar-refractivity contribution in [1.29, 1.82) is 0 Å². The third-order valence-corrected chi connectivity index (χ3v) is 11.8. The van der Waals surface area contributed by atoms with Gasteiger partial charge in [-0.2, -0.15) is 0 Å². The first-order valence-corrected chi connectivity index (χ1v) is 25.4. The molecule has 0 aliphatic carbocycles. The van der Waals surface area contributed by atoms with Gasteiger partial charge in [0, 0.05) is 12.8 Å². The topological polar surface area (TPSA) is 95.9 Å². The van der Waals surface area contributed by atoms with Crippen LogP contribution < -0.4 is 5.32 Å². The van der Waals surface area contributed by atoms with Gasteiger partial charge in [0.05, 0.1) is 25.4 Å². The minimum atomic E-state index is -0.668. The molecule has 3 N–H and O–H groups in total. The first kappa shape index (κ1) is 55.6. The molecule has 0 aromatic rings. The second-order valence-electron chi connectivity index (χ2n) is 17.5. The van der Waals surface area contributed by atoms with Crippen molar-refractivity contribution in [2.24, 2.45) is 0 Å². The van der Waals surface area contributed by atoms with Gasteiger partial charge < -0.3 is 20.3 Å². The lowest BCUT2D eigenvalue weighted by molar-refractivity contribution is -0.143. The SMILES string of the molecule is CCCCC/C=C\CCCCCCCC(=O)OCCCCCCCCCCCCCCCCCC(=O)NC(CO)C(O)CCCCCCCCCCCCCCC. The van der Waals surface area contributed by atoms with Gasteiger partial charge in [0.1, 0.15) is 0 Å². The third kappa shape index (κ3) is 44.0. The van der Waals surface area contributed by atoms with Crippen molar-refractivity contribution < 1.29 is 24.5 Å². The summed E-state index contributed by atoms with van der Waals surface area (Å²) in [6.07, 6.45) is 53.2. The molecule has 2 unspecified atom stereocenters. The predicted octanol–water partition coefficient (Wildman–Crippen LogP) is 15.0. The van der Waals surface area contributed by atoms with E-state index in [-0.39, 0.29) is 18.5 Å². The molecule has 0 radical (unpaired) electrons. The van der Waals surface area contributed by atoms with Crippen LogP contribution in [0.4, 0.5) is 0 Å². The van der Waals surface area contributed by atoms with Crippen molar-refractivity contribution in [3.05, 3.63) is 12.2 Å². The summed E-state index contributed by atoms with van der Waals surface area (Å²) in [6.45, 7) is 4.91. The maximum absolute atomic E-state index is 12.4. The zero-order chi connectivity index (χ0) is 41.5. The molecular weight excluding hydrogens is 707 g/mol. The van der Waals surface area contributed by atoms with E-state index in [0.717, 1.165) is 51.4 Å². The van der Waals surface area contributed by atoms with E-state index in [0.29, 0.717) is 25.9 Å². The molecule has 0 aromatic heterocycles. The Morgan fingerprint density at radius 2 is 0.825 bits per heavy atom. The smallest absolute Gasteiger partial charge is 0.305 e. The molecule has 0 spiro atoms. The second-order valence-corrected chi connectivity index (χ2v) is 17.5. The molecule has 2 atom stereocenters. The Morgan fingerprint density at radius 1 is 0.474 bits per heavy atom. The maximum atomic E-state index is 12.4. The van der Waals surface area contributed by atoms with Crippen molar-refractivity contribution in [1.82, 2.24) is 5.32 Å². The molecule has 0 saturated carbocycles. The van der Waals surface area contributed by atoms with Crippen LogP contribution in [-0.4, -0.2) is 47.4 Å². The molecule has 0 heterocycles. The lowest BCUT2D eigenvalue weighted by atomic mass is 10.0. The summed E-state index contributed by atoms with van der Waals surface area (Å²) >= 11 is 0.